The van der Waals surface area contributed by atoms with Crippen LogP contribution in [0, 0.1) is 10.1 Å². The minimum absolute atomic E-state index is 0.0828. The van der Waals surface area contributed by atoms with Gasteiger partial charge >= 0.3 is 0 Å². The van der Waals surface area contributed by atoms with Crippen molar-refractivity contribution in [2.24, 2.45) is 0 Å². The second-order valence-corrected chi connectivity index (χ2v) is 4.16. The van der Waals surface area contributed by atoms with Crippen molar-refractivity contribution in [1.29, 1.82) is 0 Å². The van der Waals surface area contributed by atoms with Crippen LogP contribution in [-0.4, -0.2) is 22.2 Å². The number of aromatic nitrogens is 1. The molecule has 0 spiro atoms. The highest BCUT2D eigenvalue weighted by atomic mass is 16.6. The predicted octanol–water partition coefficient (Wildman–Crippen LogP) is 1.96. The molecule has 0 unspecified atom stereocenters. The average Bonchev–Trinajstić information content (AvgIpc) is 2.48. The third-order valence-corrected chi connectivity index (χ3v) is 2.70. The number of ketones is 1. The van der Waals surface area contributed by atoms with Crippen LogP contribution in [0.5, 0.6) is 0 Å². The lowest BCUT2D eigenvalue weighted by Gasteiger charge is -2.04. The molecule has 1 aromatic carbocycles. The van der Waals surface area contributed by atoms with Crippen LogP contribution in [0.1, 0.15) is 16.1 Å². The molecule has 102 valence electrons. The molecule has 0 saturated carbocycles. The van der Waals surface area contributed by atoms with Gasteiger partial charge in [0.2, 0.25) is 0 Å². The van der Waals surface area contributed by atoms with Gasteiger partial charge in [0.15, 0.2) is 5.78 Å². The van der Waals surface area contributed by atoms with Crippen LogP contribution in [0.15, 0.2) is 48.7 Å². The molecule has 0 amide bonds. The van der Waals surface area contributed by atoms with Gasteiger partial charge in [0.25, 0.3) is 5.69 Å². The molecule has 2 rings (SSSR count). The number of carbonyl (C=O) groups is 1. The Labute approximate surface area is 115 Å². The number of benzene rings is 1. The normalized spacial score (nSPS) is 10.2. The number of Topliss-reactive ketones (excluding diaryl/α,β-unsaturated/α-hetero) is 1. The van der Waals surface area contributed by atoms with Crippen molar-refractivity contribution < 1.29 is 9.72 Å². The Kier molecular flexibility index (Phi) is 4.52. The van der Waals surface area contributed by atoms with Gasteiger partial charge in [-0.25, -0.2) is 0 Å². The molecule has 1 heterocycles. The second-order valence-electron chi connectivity index (χ2n) is 4.16. The Bertz CT molecular complexity index is 614. The number of hydrogen-bond acceptors (Lipinski definition) is 5. The SMILES string of the molecule is O=C(CNCc1ccccn1)c1cccc([N+](=O)[O-])c1. The maximum Gasteiger partial charge on any atom is 0.270 e. The first-order valence-electron chi connectivity index (χ1n) is 6.05. The summed E-state index contributed by atoms with van der Waals surface area (Å²) in [4.78, 5) is 26.2. The van der Waals surface area contributed by atoms with Crippen molar-refractivity contribution in [3.63, 3.8) is 0 Å². The van der Waals surface area contributed by atoms with Crippen LogP contribution < -0.4 is 5.32 Å². The summed E-state index contributed by atoms with van der Waals surface area (Å²) < 4.78 is 0. The first-order valence-corrected chi connectivity index (χ1v) is 6.05. The Balaban J connectivity index is 1.92. The lowest BCUT2D eigenvalue weighted by Crippen LogP contribution is -2.23. The zero-order chi connectivity index (χ0) is 14.4. The van der Waals surface area contributed by atoms with Crippen molar-refractivity contribution >= 4 is 11.5 Å². The number of nitro benzene ring substituents is 1. The molecule has 20 heavy (non-hydrogen) atoms. The van der Waals surface area contributed by atoms with E-state index in [1.54, 1.807) is 12.3 Å². The van der Waals surface area contributed by atoms with E-state index < -0.39 is 4.92 Å². The van der Waals surface area contributed by atoms with E-state index in [2.05, 4.69) is 10.3 Å². The third-order valence-electron chi connectivity index (χ3n) is 2.70. The van der Waals surface area contributed by atoms with E-state index >= 15 is 0 Å². The van der Waals surface area contributed by atoms with E-state index in [0.29, 0.717) is 12.1 Å². The van der Waals surface area contributed by atoms with Gasteiger partial charge in [0.05, 0.1) is 17.2 Å². The van der Waals surface area contributed by atoms with E-state index in [1.165, 1.54) is 18.2 Å². The van der Waals surface area contributed by atoms with E-state index in [1.807, 2.05) is 18.2 Å². The monoisotopic (exact) mass is 271 g/mol. The van der Waals surface area contributed by atoms with Gasteiger partial charge in [-0.3, -0.25) is 19.9 Å². The van der Waals surface area contributed by atoms with E-state index in [0.717, 1.165) is 5.69 Å². The molecular weight excluding hydrogens is 258 g/mol. The molecule has 0 atom stereocenters. The van der Waals surface area contributed by atoms with Gasteiger partial charge in [-0.05, 0) is 12.1 Å². The Hall–Kier alpha value is -2.60. The number of nitro groups is 1. The highest BCUT2D eigenvalue weighted by Gasteiger charge is 2.11. The minimum Gasteiger partial charge on any atom is -0.304 e. The zero-order valence-electron chi connectivity index (χ0n) is 10.7. The quantitative estimate of drug-likeness (QED) is 0.493. The van der Waals surface area contributed by atoms with Gasteiger partial charge in [-0.15, -0.1) is 0 Å². The average molecular weight is 271 g/mol. The maximum absolute atomic E-state index is 11.9. The second kappa shape index (κ2) is 6.53. The molecule has 1 aromatic heterocycles. The highest BCUT2D eigenvalue weighted by Crippen LogP contribution is 2.13. The fourth-order valence-electron chi connectivity index (χ4n) is 1.70. The summed E-state index contributed by atoms with van der Waals surface area (Å²) in [6.45, 7) is 0.583. The molecule has 6 heteroatoms. The maximum atomic E-state index is 11.9. The number of hydrogen-bond donors (Lipinski definition) is 1. The summed E-state index contributed by atoms with van der Waals surface area (Å²) >= 11 is 0. The summed E-state index contributed by atoms with van der Waals surface area (Å²) in [5.41, 5.74) is 1.08. The number of pyridine rings is 1. The van der Waals surface area contributed by atoms with Gasteiger partial charge in [0, 0.05) is 30.4 Å². The molecular formula is C14H13N3O3. The molecule has 1 N–H and O–H groups in total. The predicted molar refractivity (Wildman–Crippen MR) is 73.4 cm³/mol. The van der Waals surface area contributed by atoms with Crippen LogP contribution in [0.2, 0.25) is 0 Å². The van der Waals surface area contributed by atoms with Crippen LogP contribution in [0.4, 0.5) is 5.69 Å². The Morgan fingerprint density at radius 3 is 2.80 bits per heavy atom. The van der Waals surface area contributed by atoms with Gasteiger partial charge in [0.1, 0.15) is 0 Å². The number of nitrogens with zero attached hydrogens (tertiary/aromatic N) is 2. The molecule has 0 bridgehead atoms. The fourth-order valence-corrected chi connectivity index (χ4v) is 1.70. The van der Waals surface area contributed by atoms with Gasteiger partial charge < -0.3 is 5.32 Å². The Morgan fingerprint density at radius 1 is 1.25 bits per heavy atom. The van der Waals surface area contributed by atoms with Crippen LogP contribution >= 0.6 is 0 Å². The van der Waals surface area contributed by atoms with Gasteiger partial charge in [-0.1, -0.05) is 18.2 Å². The summed E-state index contributed by atoms with van der Waals surface area (Å²) in [7, 11) is 0. The summed E-state index contributed by atoms with van der Waals surface area (Å²) in [5, 5.41) is 13.6. The summed E-state index contributed by atoms with van der Waals surface area (Å²) in [6.07, 6.45) is 1.68. The molecule has 0 aliphatic rings. The van der Waals surface area contributed by atoms with Crippen molar-refractivity contribution in [3.05, 3.63) is 70.0 Å². The smallest absolute Gasteiger partial charge is 0.270 e. The molecule has 6 nitrogen and oxygen atoms in total. The summed E-state index contributed by atoms with van der Waals surface area (Å²) in [6, 6.07) is 11.2. The standard InChI is InChI=1S/C14H13N3O3/c18-14(10-15-9-12-5-1-2-7-16-12)11-4-3-6-13(8-11)17(19)20/h1-8,15H,9-10H2. The lowest BCUT2D eigenvalue weighted by atomic mass is 10.1. The fraction of sp³-hybridized carbons (Fsp3) is 0.143. The Morgan fingerprint density at radius 2 is 2.10 bits per heavy atom. The molecule has 0 aliphatic heterocycles. The van der Waals surface area contributed by atoms with Gasteiger partial charge in [-0.2, -0.15) is 0 Å². The van der Waals surface area contributed by atoms with Crippen molar-refractivity contribution in [2.45, 2.75) is 6.54 Å². The third kappa shape index (κ3) is 3.69. The lowest BCUT2D eigenvalue weighted by molar-refractivity contribution is -0.384. The van der Waals surface area contributed by atoms with Crippen molar-refractivity contribution in [3.8, 4) is 0 Å². The molecule has 0 saturated heterocycles. The van der Waals surface area contributed by atoms with E-state index in [9.17, 15) is 14.9 Å². The first kappa shape index (κ1) is 13.8. The number of rotatable bonds is 6. The molecule has 0 radical (unpaired) electrons. The topological polar surface area (TPSA) is 85.1 Å². The largest absolute Gasteiger partial charge is 0.304 e. The van der Waals surface area contributed by atoms with Crippen molar-refractivity contribution in [2.75, 3.05) is 6.54 Å². The zero-order valence-corrected chi connectivity index (χ0v) is 10.7. The number of carbonyl (C=O) groups excluding carboxylic acids is 1. The number of nitrogens with one attached hydrogen (secondary N) is 1. The minimum atomic E-state index is -0.516. The molecule has 0 fully saturated rings. The molecule has 2 aromatic rings. The molecule has 0 aliphatic carbocycles. The van der Waals surface area contributed by atoms with Crippen LogP contribution in [0.25, 0.3) is 0 Å². The van der Waals surface area contributed by atoms with E-state index in [4.69, 9.17) is 0 Å². The van der Waals surface area contributed by atoms with Crippen molar-refractivity contribution in [1.82, 2.24) is 10.3 Å². The highest BCUT2D eigenvalue weighted by molar-refractivity contribution is 5.98. The van der Waals surface area contributed by atoms with Crippen LogP contribution in [-0.2, 0) is 6.54 Å². The first-order chi connectivity index (χ1) is 9.66. The summed E-state index contributed by atoms with van der Waals surface area (Å²) in [5.74, 6) is -0.190. The van der Waals surface area contributed by atoms with Crippen LogP contribution in [0.3, 0.4) is 0 Å². The number of non-ortho nitro benzene ring substituents is 1. The van der Waals surface area contributed by atoms with E-state index in [-0.39, 0.29) is 18.0 Å².